The third-order valence-electron chi connectivity index (χ3n) is 4.44. The molecule has 7 nitrogen and oxygen atoms in total. The Kier molecular flexibility index (Phi) is 7.32. The summed E-state index contributed by atoms with van der Waals surface area (Å²) >= 11 is 0. The highest BCUT2D eigenvalue weighted by Gasteiger charge is 2.08. The number of guanidine groups is 1. The molecule has 30 heavy (non-hydrogen) atoms. The van der Waals surface area contributed by atoms with Gasteiger partial charge >= 0.3 is 0 Å². The van der Waals surface area contributed by atoms with Gasteiger partial charge in [-0.1, -0.05) is 18.2 Å². The van der Waals surface area contributed by atoms with Crippen molar-refractivity contribution in [2.24, 2.45) is 4.99 Å². The van der Waals surface area contributed by atoms with Gasteiger partial charge in [-0.25, -0.2) is 9.67 Å². The van der Waals surface area contributed by atoms with Crippen LogP contribution in [0.1, 0.15) is 25.1 Å². The number of anilines is 1. The number of nitrogens with one attached hydrogen (secondary N) is 2. The molecule has 0 spiro atoms. The lowest BCUT2D eigenvalue weighted by atomic mass is 10.2. The number of hydrogen-bond donors (Lipinski definition) is 2. The molecule has 0 saturated carbocycles. The SMILES string of the molecule is CCNC(=NCc1ccccc1-n1ccc(C)n1)Nc1ccc(OC)c(OCC)c1. The Bertz CT molecular complexity index is 997. The largest absolute Gasteiger partial charge is 0.493 e. The van der Waals surface area contributed by atoms with Gasteiger partial charge in [0.15, 0.2) is 17.5 Å². The molecule has 1 aromatic heterocycles. The van der Waals surface area contributed by atoms with E-state index in [4.69, 9.17) is 14.5 Å². The fourth-order valence-electron chi connectivity index (χ4n) is 3.05. The number of aryl methyl sites for hydroxylation is 1. The van der Waals surface area contributed by atoms with Crippen LogP contribution < -0.4 is 20.1 Å². The van der Waals surface area contributed by atoms with Gasteiger partial charge in [0, 0.05) is 24.5 Å². The Balaban J connectivity index is 1.82. The lowest BCUT2D eigenvalue weighted by molar-refractivity contribution is 0.311. The second-order valence-electron chi connectivity index (χ2n) is 6.65. The molecule has 3 aromatic rings. The van der Waals surface area contributed by atoms with Crippen LogP contribution in [0.2, 0.25) is 0 Å². The average molecular weight is 408 g/mol. The number of methoxy groups -OCH3 is 1. The first kappa shape index (κ1) is 21.2. The maximum atomic E-state index is 5.67. The van der Waals surface area contributed by atoms with Gasteiger partial charge in [-0.3, -0.25) is 0 Å². The Morgan fingerprint density at radius 3 is 2.63 bits per heavy atom. The van der Waals surface area contributed by atoms with Gasteiger partial charge < -0.3 is 20.1 Å². The van der Waals surface area contributed by atoms with Crippen LogP contribution in [0.3, 0.4) is 0 Å². The first-order valence-electron chi connectivity index (χ1n) is 10.1. The molecule has 0 fully saturated rings. The lowest BCUT2D eigenvalue weighted by Gasteiger charge is -2.15. The molecule has 0 radical (unpaired) electrons. The molecule has 3 rings (SSSR count). The Morgan fingerprint density at radius 1 is 1.10 bits per heavy atom. The van der Waals surface area contributed by atoms with Gasteiger partial charge in [-0.15, -0.1) is 0 Å². The third-order valence-corrected chi connectivity index (χ3v) is 4.44. The molecule has 0 saturated heterocycles. The summed E-state index contributed by atoms with van der Waals surface area (Å²) in [6.45, 7) is 7.80. The maximum Gasteiger partial charge on any atom is 0.196 e. The van der Waals surface area contributed by atoms with Gasteiger partial charge in [0.1, 0.15) is 0 Å². The number of para-hydroxylation sites is 1. The van der Waals surface area contributed by atoms with Crippen molar-refractivity contribution in [3.05, 3.63) is 66.0 Å². The molecule has 0 atom stereocenters. The number of rotatable bonds is 8. The number of aromatic nitrogens is 2. The van der Waals surface area contributed by atoms with Gasteiger partial charge in [0.05, 0.1) is 31.6 Å². The Hall–Kier alpha value is -3.48. The average Bonchev–Trinajstić information content (AvgIpc) is 3.19. The standard InChI is InChI=1S/C23H29N5O2/c1-5-24-23(26-19-11-12-21(29-4)22(15-19)30-6-2)25-16-18-9-7-8-10-20(18)28-14-13-17(3)27-28/h7-15H,5-6,16H2,1-4H3,(H2,24,25,26). The predicted octanol–water partition coefficient (Wildman–Crippen LogP) is 4.17. The molecule has 2 aromatic carbocycles. The van der Waals surface area contributed by atoms with Crippen molar-refractivity contribution in [1.29, 1.82) is 0 Å². The minimum atomic E-state index is 0.513. The highest BCUT2D eigenvalue weighted by atomic mass is 16.5. The molecule has 158 valence electrons. The molecule has 0 aliphatic heterocycles. The van der Waals surface area contributed by atoms with Crippen molar-refractivity contribution in [3.8, 4) is 17.2 Å². The zero-order chi connectivity index (χ0) is 21.3. The third kappa shape index (κ3) is 5.31. The number of ether oxygens (including phenoxy) is 2. The first-order valence-corrected chi connectivity index (χ1v) is 10.1. The first-order chi connectivity index (χ1) is 14.6. The Labute approximate surface area is 177 Å². The highest BCUT2D eigenvalue weighted by molar-refractivity contribution is 5.94. The summed E-state index contributed by atoms with van der Waals surface area (Å²) in [4.78, 5) is 4.77. The molecular formula is C23H29N5O2. The van der Waals surface area contributed by atoms with Crippen LogP contribution in [-0.2, 0) is 6.54 Å². The van der Waals surface area contributed by atoms with Crippen molar-refractivity contribution in [2.45, 2.75) is 27.3 Å². The maximum absolute atomic E-state index is 5.67. The van der Waals surface area contributed by atoms with E-state index in [1.54, 1.807) is 7.11 Å². The van der Waals surface area contributed by atoms with E-state index in [1.165, 1.54) is 0 Å². The van der Waals surface area contributed by atoms with E-state index in [-0.39, 0.29) is 0 Å². The molecule has 0 amide bonds. The summed E-state index contributed by atoms with van der Waals surface area (Å²) in [7, 11) is 1.63. The van der Waals surface area contributed by atoms with Gasteiger partial charge in [-0.05, 0) is 50.6 Å². The van der Waals surface area contributed by atoms with Crippen LogP contribution in [-0.4, -0.2) is 36.0 Å². The number of benzene rings is 2. The van der Waals surface area contributed by atoms with Gasteiger partial charge in [0.25, 0.3) is 0 Å². The summed E-state index contributed by atoms with van der Waals surface area (Å²) < 4.78 is 12.9. The number of nitrogens with zero attached hydrogens (tertiary/aromatic N) is 3. The van der Waals surface area contributed by atoms with Crippen LogP contribution in [0, 0.1) is 6.92 Å². The van der Waals surface area contributed by atoms with Crippen LogP contribution in [0.15, 0.2) is 59.7 Å². The van der Waals surface area contributed by atoms with Crippen molar-refractivity contribution in [1.82, 2.24) is 15.1 Å². The van der Waals surface area contributed by atoms with Crippen LogP contribution >= 0.6 is 0 Å². The summed E-state index contributed by atoms with van der Waals surface area (Å²) in [6, 6.07) is 15.9. The fourth-order valence-corrected chi connectivity index (χ4v) is 3.05. The van der Waals surface area contributed by atoms with Crippen molar-refractivity contribution >= 4 is 11.6 Å². The van der Waals surface area contributed by atoms with Crippen LogP contribution in [0.25, 0.3) is 5.69 Å². The van der Waals surface area contributed by atoms with Gasteiger partial charge in [0.2, 0.25) is 0 Å². The zero-order valence-corrected chi connectivity index (χ0v) is 18.0. The van der Waals surface area contributed by atoms with Crippen LogP contribution in [0.5, 0.6) is 11.5 Å². The lowest BCUT2D eigenvalue weighted by Crippen LogP contribution is -2.30. The molecule has 0 aliphatic carbocycles. The van der Waals surface area contributed by atoms with Crippen molar-refractivity contribution < 1.29 is 9.47 Å². The quantitative estimate of drug-likeness (QED) is 0.433. The number of aliphatic imine (C=N–C) groups is 1. The molecule has 0 bridgehead atoms. The van der Waals surface area contributed by atoms with E-state index in [0.29, 0.717) is 30.6 Å². The van der Waals surface area contributed by atoms with E-state index < -0.39 is 0 Å². The molecular weight excluding hydrogens is 378 g/mol. The van der Waals surface area contributed by atoms with Crippen molar-refractivity contribution in [2.75, 3.05) is 25.6 Å². The highest BCUT2D eigenvalue weighted by Crippen LogP contribution is 2.30. The second kappa shape index (κ2) is 10.3. The molecule has 0 aliphatic rings. The smallest absolute Gasteiger partial charge is 0.196 e. The van der Waals surface area contributed by atoms with E-state index in [2.05, 4.69) is 27.9 Å². The number of hydrogen-bond acceptors (Lipinski definition) is 4. The molecule has 7 heteroatoms. The van der Waals surface area contributed by atoms with E-state index in [1.807, 2.05) is 68.0 Å². The normalized spacial score (nSPS) is 11.3. The summed E-state index contributed by atoms with van der Waals surface area (Å²) in [5, 5.41) is 11.2. The van der Waals surface area contributed by atoms with E-state index in [0.717, 1.165) is 29.2 Å². The Morgan fingerprint density at radius 2 is 1.93 bits per heavy atom. The minimum Gasteiger partial charge on any atom is -0.493 e. The van der Waals surface area contributed by atoms with E-state index in [9.17, 15) is 0 Å². The molecule has 2 N–H and O–H groups in total. The second-order valence-corrected chi connectivity index (χ2v) is 6.65. The fraction of sp³-hybridized carbons (Fsp3) is 0.304. The zero-order valence-electron chi connectivity index (χ0n) is 18.0. The van der Waals surface area contributed by atoms with E-state index >= 15 is 0 Å². The van der Waals surface area contributed by atoms with Gasteiger partial charge in [-0.2, -0.15) is 5.10 Å². The van der Waals surface area contributed by atoms with Crippen LogP contribution in [0.4, 0.5) is 5.69 Å². The summed E-state index contributed by atoms with van der Waals surface area (Å²) in [5.74, 6) is 2.09. The van der Waals surface area contributed by atoms with Crippen molar-refractivity contribution in [3.63, 3.8) is 0 Å². The molecule has 1 heterocycles. The topological polar surface area (TPSA) is 72.7 Å². The minimum absolute atomic E-state index is 0.513. The monoisotopic (exact) mass is 407 g/mol. The predicted molar refractivity (Wildman–Crippen MR) is 121 cm³/mol. The summed E-state index contributed by atoms with van der Waals surface area (Å²) in [5.41, 5.74) is 3.96. The molecule has 0 unspecified atom stereocenters. The summed E-state index contributed by atoms with van der Waals surface area (Å²) in [6.07, 6.45) is 1.97.